The van der Waals surface area contributed by atoms with Crippen molar-refractivity contribution in [2.75, 3.05) is 19.8 Å². The van der Waals surface area contributed by atoms with Crippen LogP contribution in [0.15, 0.2) is 24.3 Å². The van der Waals surface area contributed by atoms with Crippen molar-refractivity contribution in [3.8, 4) is 5.75 Å². The Morgan fingerprint density at radius 2 is 2.00 bits per heavy atom. The molecule has 0 aliphatic heterocycles. The highest BCUT2D eigenvalue weighted by Gasteiger charge is 2.29. The fourth-order valence-electron chi connectivity index (χ4n) is 2.08. The minimum atomic E-state index is -0.355. The van der Waals surface area contributed by atoms with Crippen LogP contribution in [0.1, 0.15) is 38.7 Å². The summed E-state index contributed by atoms with van der Waals surface area (Å²) in [5.74, 6) is 1.70. The smallest absolute Gasteiger partial charge is 0.119 e. The molecule has 0 amide bonds. The Kier molecular flexibility index (Phi) is 4.83. The first-order chi connectivity index (χ1) is 9.18. The Bertz CT molecular complexity index is 386. The lowest BCUT2D eigenvalue weighted by Gasteiger charge is -2.29. The van der Waals surface area contributed by atoms with Gasteiger partial charge in [-0.05, 0) is 56.3 Å². The maximum absolute atomic E-state index is 9.69. The molecule has 0 aromatic heterocycles. The summed E-state index contributed by atoms with van der Waals surface area (Å²) in [6.07, 6.45) is 3.65. The van der Waals surface area contributed by atoms with E-state index >= 15 is 0 Å². The van der Waals surface area contributed by atoms with Crippen molar-refractivity contribution >= 4 is 0 Å². The molecule has 0 saturated heterocycles. The largest absolute Gasteiger partial charge is 0.494 e. The molecule has 2 rings (SSSR count). The number of hydrogen-bond acceptors (Lipinski definition) is 3. The van der Waals surface area contributed by atoms with Gasteiger partial charge in [0.1, 0.15) is 5.75 Å². The van der Waals surface area contributed by atoms with E-state index in [2.05, 4.69) is 19.2 Å². The predicted octanol–water partition coefficient (Wildman–Crippen LogP) is 2.68. The molecule has 19 heavy (non-hydrogen) atoms. The monoisotopic (exact) mass is 263 g/mol. The highest BCUT2D eigenvalue weighted by Crippen LogP contribution is 2.30. The van der Waals surface area contributed by atoms with Crippen LogP contribution in [0.25, 0.3) is 0 Å². The molecule has 106 valence electrons. The summed E-state index contributed by atoms with van der Waals surface area (Å²) in [6.45, 7) is 5.99. The lowest BCUT2D eigenvalue weighted by atomic mass is 9.92. The van der Waals surface area contributed by atoms with Crippen LogP contribution in [-0.2, 0) is 5.54 Å². The lowest BCUT2D eigenvalue weighted by Crippen LogP contribution is -2.43. The van der Waals surface area contributed by atoms with E-state index in [-0.39, 0.29) is 12.1 Å². The average molecular weight is 263 g/mol. The van der Waals surface area contributed by atoms with Gasteiger partial charge in [0, 0.05) is 0 Å². The zero-order chi connectivity index (χ0) is 13.7. The Morgan fingerprint density at radius 1 is 1.32 bits per heavy atom. The van der Waals surface area contributed by atoms with Crippen LogP contribution in [0.3, 0.4) is 0 Å². The number of nitrogens with one attached hydrogen (secondary N) is 1. The average Bonchev–Trinajstić information content (AvgIpc) is 3.27. The van der Waals surface area contributed by atoms with E-state index in [1.165, 1.54) is 12.8 Å². The van der Waals surface area contributed by atoms with Gasteiger partial charge in [-0.3, -0.25) is 0 Å². The standard InChI is InChI=1S/C16H25NO2/c1-3-10-19-15-8-6-14(7-9-15)16(2,12-18)17-11-13-4-5-13/h6-9,13,17-18H,3-5,10-12H2,1-2H3. The minimum absolute atomic E-state index is 0.106. The van der Waals surface area contributed by atoms with Crippen LogP contribution in [0.4, 0.5) is 0 Å². The molecule has 1 aliphatic carbocycles. The van der Waals surface area contributed by atoms with E-state index in [0.717, 1.165) is 36.8 Å². The third kappa shape index (κ3) is 3.95. The summed E-state index contributed by atoms with van der Waals surface area (Å²) in [4.78, 5) is 0. The molecular weight excluding hydrogens is 238 g/mol. The fourth-order valence-corrected chi connectivity index (χ4v) is 2.08. The van der Waals surface area contributed by atoms with Crippen LogP contribution in [0.2, 0.25) is 0 Å². The molecule has 0 spiro atoms. The van der Waals surface area contributed by atoms with Gasteiger partial charge in [-0.1, -0.05) is 19.1 Å². The summed E-state index contributed by atoms with van der Waals surface area (Å²) in [5.41, 5.74) is 0.755. The first kappa shape index (κ1) is 14.4. The van der Waals surface area contributed by atoms with Crippen LogP contribution in [-0.4, -0.2) is 24.9 Å². The summed E-state index contributed by atoms with van der Waals surface area (Å²) in [7, 11) is 0. The molecule has 1 fully saturated rings. The Morgan fingerprint density at radius 3 is 2.53 bits per heavy atom. The Hall–Kier alpha value is -1.06. The van der Waals surface area contributed by atoms with Gasteiger partial charge >= 0.3 is 0 Å². The summed E-state index contributed by atoms with van der Waals surface area (Å²) >= 11 is 0. The molecule has 1 aliphatic rings. The molecule has 1 aromatic carbocycles. The number of ether oxygens (including phenoxy) is 1. The maximum atomic E-state index is 9.69. The molecule has 1 aromatic rings. The van der Waals surface area contributed by atoms with E-state index in [1.807, 2.05) is 24.3 Å². The van der Waals surface area contributed by atoms with Gasteiger partial charge in [0.05, 0.1) is 18.8 Å². The lowest BCUT2D eigenvalue weighted by molar-refractivity contribution is 0.173. The summed E-state index contributed by atoms with van der Waals surface area (Å²) in [6, 6.07) is 8.05. The van der Waals surface area contributed by atoms with Gasteiger partial charge in [0.25, 0.3) is 0 Å². The summed E-state index contributed by atoms with van der Waals surface area (Å²) < 4.78 is 5.58. The van der Waals surface area contributed by atoms with Crippen LogP contribution >= 0.6 is 0 Å². The van der Waals surface area contributed by atoms with Crippen LogP contribution in [0, 0.1) is 5.92 Å². The molecule has 3 nitrogen and oxygen atoms in total. The van der Waals surface area contributed by atoms with E-state index in [1.54, 1.807) is 0 Å². The highest BCUT2D eigenvalue weighted by molar-refractivity contribution is 5.31. The summed E-state index contributed by atoms with van der Waals surface area (Å²) in [5, 5.41) is 13.2. The third-order valence-corrected chi connectivity index (χ3v) is 3.76. The number of benzene rings is 1. The van der Waals surface area contributed by atoms with Crippen LogP contribution in [0.5, 0.6) is 5.75 Å². The van der Waals surface area contributed by atoms with Crippen molar-refractivity contribution in [1.29, 1.82) is 0 Å². The SMILES string of the molecule is CCCOc1ccc(C(C)(CO)NCC2CC2)cc1. The van der Waals surface area contributed by atoms with E-state index in [0.29, 0.717) is 0 Å². The number of aliphatic hydroxyl groups excluding tert-OH is 1. The van der Waals surface area contributed by atoms with Gasteiger partial charge in [-0.2, -0.15) is 0 Å². The molecule has 2 N–H and O–H groups in total. The van der Waals surface area contributed by atoms with Gasteiger partial charge in [-0.15, -0.1) is 0 Å². The molecule has 0 heterocycles. The van der Waals surface area contributed by atoms with Crippen molar-refractivity contribution in [3.63, 3.8) is 0 Å². The van der Waals surface area contributed by atoms with Crippen molar-refractivity contribution < 1.29 is 9.84 Å². The second-order valence-electron chi connectivity index (χ2n) is 5.69. The van der Waals surface area contributed by atoms with Gasteiger partial charge in [0.2, 0.25) is 0 Å². The number of rotatable bonds is 8. The second kappa shape index (κ2) is 6.40. The third-order valence-electron chi connectivity index (χ3n) is 3.76. The maximum Gasteiger partial charge on any atom is 0.119 e. The Labute approximate surface area is 116 Å². The molecule has 1 saturated carbocycles. The van der Waals surface area contributed by atoms with E-state index in [4.69, 9.17) is 4.74 Å². The minimum Gasteiger partial charge on any atom is -0.494 e. The fraction of sp³-hybridized carbons (Fsp3) is 0.625. The molecule has 0 bridgehead atoms. The quantitative estimate of drug-likeness (QED) is 0.757. The first-order valence-electron chi connectivity index (χ1n) is 7.27. The van der Waals surface area contributed by atoms with Gasteiger partial charge in [-0.25, -0.2) is 0 Å². The Balaban J connectivity index is 1.99. The van der Waals surface area contributed by atoms with Gasteiger partial charge in [0.15, 0.2) is 0 Å². The van der Waals surface area contributed by atoms with Gasteiger partial charge < -0.3 is 15.2 Å². The highest BCUT2D eigenvalue weighted by atomic mass is 16.5. The normalized spacial score (nSPS) is 18.1. The molecule has 3 heteroatoms. The zero-order valence-corrected chi connectivity index (χ0v) is 12.0. The predicted molar refractivity (Wildman–Crippen MR) is 77.4 cm³/mol. The molecule has 0 radical (unpaired) electrons. The molecule has 1 atom stereocenters. The van der Waals surface area contributed by atoms with Crippen molar-refractivity contribution in [1.82, 2.24) is 5.32 Å². The van der Waals surface area contributed by atoms with E-state index < -0.39 is 0 Å². The van der Waals surface area contributed by atoms with Crippen molar-refractivity contribution in [2.24, 2.45) is 5.92 Å². The zero-order valence-electron chi connectivity index (χ0n) is 12.0. The van der Waals surface area contributed by atoms with Crippen molar-refractivity contribution in [2.45, 2.75) is 38.6 Å². The topological polar surface area (TPSA) is 41.5 Å². The molecular formula is C16H25NO2. The molecule has 1 unspecified atom stereocenters. The first-order valence-corrected chi connectivity index (χ1v) is 7.27. The van der Waals surface area contributed by atoms with E-state index in [9.17, 15) is 5.11 Å². The van der Waals surface area contributed by atoms with Crippen LogP contribution < -0.4 is 10.1 Å². The number of aliphatic hydroxyl groups is 1. The number of hydrogen-bond donors (Lipinski definition) is 2. The second-order valence-corrected chi connectivity index (χ2v) is 5.69. The van der Waals surface area contributed by atoms with Crippen molar-refractivity contribution in [3.05, 3.63) is 29.8 Å².